The summed E-state index contributed by atoms with van der Waals surface area (Å²) in [6, 6.07) is 8.31. The van der Waals surface area contributed by atoms with Crippen LogP contribution in [0.1, 0.15) is 38.2 Å². The summed E-state index contributed by atoms with van der Waals surface area (Å²) in [4.78, 5) is 2.38. The minimum absolute atomic E-state index is 0.777. The van der Waals surface area contributed by atoms with Gasteiger partial charge in [0.15, 0.2) is 0 Å². The highest BCUT2D eigenvalue weighted by atomic mass is 79.9. The van der Waals surface area contributed by atoms with E-state index >= 15 is 0 Å². The van der Waals surface area contributed by atoms with Gasteiger partial charge in [0.1, 0.15) is 6.07 Å². The lowest BCUT2D eigenvalue weighted by Gasteiger charge is -2.24. The Labute approximate surface area is 118 Å². The SMILES string of the molecule is CCC1CCCN(c2ccc(Br)cc2C#N)CC1. The molecule has 18 heavy (non-hydrogen) atoms. The summed E-state index contributed by atoms with van der Waals surface area (Å²) in [7, 11) is 0. The second-order valence-corrected chi connectivity index (χ2v) is 5.88. The summed E-state index contributed by atoms with van der Waals surface area (Å²) in [5.41, 5.74) is 1.87. The van der Waals surface area contributed by atoms with Crippen molar-refractivity contribution in [2.24, 2.45) is 5.92 Å². The zero-order valence-electron chi connectivity index (χ0n) is 10.8. The maximum atomic E-state index is 9.24. The highest BCUT2D eigenvalue weighted by Gasteiger charge is 2.18. The van der Waals surface area contributed by atoms with Crippen LogP contribution >= 0.6 is 15.9 Å². The van der Waals surface area contributed by atoms with E-state index in [0.717, 1.165) is 34.7 Å². The number of halogens is 1. The maximum Gasteiger partial charge on any atom is 0.101 e. The monoisotopic (exact) mass is 306 g/mol. The lowest BCUT2D eigenvalue weighted by atomic mass is 9.98. The number of benzene rings is 1. The average Bonchev–Trinajstić information content (AvgIpc) is 2.63. The van der Waals surface area contributed by atoms with Crippen LogP contribution in [0.2, 0.25) is 0 Å². The number of rotatable bonds is 2. The van der Waals surface area contributed by atoms with Crippen LogP contribution in [-0.2, 0) is 0 Å². The fourth-order valence-electron chi connectivity index (χ4n) is 2.69. The minimum atomic E-state index is 0.777. The largest absolute Gasteiger partial charge is 0.370 e. The van der Waals surface area contributed by atoms with Crippen LogP contribution < -0.4 is 4.90 Å². The highest BCUT2D eigenvalue weighted by Crippen LogP contribution is 2.28. The molecule has 0 N–H and O–H groups in total. The second kappa shape index (κ2) is 6.24. The molecule has 0 amide bonds. The van der Waals surface area contributed by atoms with E-state index in [1.807, 2.05) is 12.1 Å². The summed E-state index contributed by atoms with van der Waals surface area (Å²) in [6.07, 6.45) is 5.08. The lowest BCUT2D eigenvalue weighted by molar-refractivity contribution is 0.459. The van der Waals surface area contributed by atoms with Crippen LogP contribution in [0.25, 0.3) is 0 Å². The van der Waals surface area contributed by atoms with Crippen LogP contribution in [0.4, 0.5) is 5.69 Å². The van der Waals surface area contributed by atoms with Crippen LogP contribution in [-0.4, -0.2) is 13.1 Å². The van der Waals surface area contributed by atoms with Gasteiger partial charge in [-0.2, -0.15) is 5.26 Å². The second-order valence-electron chi connectivity index (χ2n) is 4.97. The molecule has 1 aliphatic rings. The normalized spacial score (nSPS) is 20.3. The van der Waals surface area contributed by atoms with Crippen molar-refractivity contribution in [3.05, 3.63) is 28.2 Å². The Morgan fingerprint density at radius 1 is 1.39 bits per heavy atom. The van der Waals surface area contributed by atoms with Gasteiger partial charge >= 0.3 is 0 Å². The average molecular weight is 307 g/mol. The van der Waals surface area contributed by atoms with Crippen molar-refractivity contribution in [1.29, 1.82) is 5.26 Å². The molecular weight excluding hydrogens is 288 g/mol. The van der Waals surface area contributed by atoms with Gasteiger partial charge in [0.2, 0.25) is 0 Å². The first-order chi connectivity index (χ1) is 8.74. The van der Waals surface area contributed by atoms with Crippen molar-refractivity contribution in [3.63, 3.8) is 0 Å². The molecule has 1 aromatic carbocycles. The number of anilines is 1. The molecular formula is C15H19BrN2. The smallest absolute Gasteiger partial charge is 0.101 e. The van der Waals surface area contributed by atoms with Crippen molar-refractivity contribution < 1.29 is 0 Å². The number of nitriles is 1. The molecule has 1 saturated heterocycles. The van der Waals surface area contributed by atoms with Gasteiger partial charge in [0.05, 0.1) is 11.3 Å². The van der Waals surface area contributed by atoms with Gasteiger partial charge in [-0.3, -0.25) is 0 Å². The van der Waals surface area contributed by atoms with E-state index in [0.29, 0.717) is 0 Å². The predicted molar refractivity (Wildman–Crippen MR) is 78.7 cm³/mol. The van der Waals surface area contributed by atoms with Crippen molar-refractivity contribution in [2.75, 3.05) is 18.0 Å². The zero-order chi connectivity index (χ0) is 13.0. The Kier molecular flexibility index (Phi) is 4.66. The van der Waals surface area contributed by atoms with E-state index in [9.17, 15) is 5.26 Å². The Bertz CT molecular complexity index is 450. The third-order valence-corrected chi connectivity index (χ3v) is 4.34. The fraction of sp³-hybridized carbons (Fsp3) is 0.533. The van der Waals surface area contributed by atoms with Crippen LogP contribution in [0.5, 0.6) is 0 Å². The Hall–Kier alpha value is -1.01. The molecule has 0 saturated carbocycles. The van der Waals surface area contributed by atoms with Crippen LogP contribution in [0.3, 0.4) is 0 Å². The third-order valence-electron chi connectivity index (χ3n) is 3.84. The van der Waals surface area contributed by atoms with Crippen molar-refractivity contribution in [2.45, 2.75) is 32.6 Å². The molecule has 1 atom stereocenters. The summed E-state index contributed by atoms with van der Waals surface area (Å²) in [6.45, 7) is 4.43. The molecule has 0 aromatic heterocycles. The minimum Gasteiger partial charge on any atom is -0.370 e. The molecule has 3 heteroatoms. The summed E-state index contributed by atoms with van der Waals surface area (Å²) in [5.74, 6) is 0.857. The van der Waals surface area contributed by atoms with Crippen molar-refractivity contribution in [1.82, 2.24) is 0 Å². The first-order valence-corrected chi connectivity index (χ1v) is 7.48. The first kappa shape index (κ1) is 13.4. The van der Waals surface area contributed by atoms with Crippen molar-refractivity contribution >= 4 is 21.6 Å². The van der Waals surface area contributed by atoms with E-state index in [1.54, 1.807) is 0 Å². The highest BCUT2D eigenvalue weighted by molar-refractivity contribution is 9.10. The lowest BCUT2D eigenvalue weighted by Crippen LogP contribution is -2.25. The summed E-state index contributed by atoms with van der Waals surface area (Å²) >= 11 is 3.43. The fourth-order valence-corrected chi connectivity index (χ4v) is 3.05. The molecule has 0 aliphatic carbocycles. The van der Waals surface area contributed by atoms with Gasteiger partial charge in [0, 0.05) is 17.6 Å². The third kappa shape index (κ3) is 3.05. The van der Waals surface area contributed by atoms with E-state index in [4.69, 9.17) is 0 Å². The molecule has 96 valence electrons. The molecule has 1 fully saturated rings. The van der Waals surface area contributed by atoms with Crippen molar-refractivity contribution in [3.8, 4) is 6.07 Å². The van der Waals surface area contributed by atoms with E-state index in [2.05, 4.69) is 39.9 Å². The maximum absolute atomic E-state index is 9.24. The molecule has 1 aromatic rings. The molecule has 2 rings (SSSR count). The van der Waals surface area contributed by atoms with Gasteiger partial charge in [-0.1, -0.05) is 29.3 Å². The molecule has 1 aliphatic heterocycles. The molecule has 1 heterocycles. The van der Waals surface area contributed by atoms with Gasteiger partial charge < -0.3 is 4.90 Å². The van der Waals surface area contributed by atoms with Gasteiger partial charge in [-0.15, -0.1) is 0 Å². The topological polar surface area (TPSA) is 27.0 Å². The van der Waals surface area contributed by atoms with E-state index in [-0.39, 0.29) is 0 Å². The Morgan fingerprint density at radius 3 is 2.94 bits per heavy atom. The van der Waals surface area contributed by atoms with E-state index < -0.39 is 0 Å². The Morgan fingerprint density at radius 2 is 2.22 bits per heavy atom. The van der Waals surface area contributed by atoms with Gasteiger partial charge in [0.25, 0.3) is 0 Å². The summed E-state index contributed by atoms with van der Waals surface area (Å²) in [5, 5.41) is 9.24. The predicted octanol–water partition coefficient (Wildman–Crippen LogP) is 4.34. The molecule has 2 nitrogen and oxygen atoms in total. The van der Waals surface area contributed by atoms with E-state index in [1.165, 1.54) is 25.7 Å². The zero-order valence-corrected chi connectivity index (χ0v) is 12.4. The molecule has 0 bridgehead atoms. The molecule has 0 spiro atoms. The first-order valence-electron chi connectivity index (χ1n) is 6.69. The quantitative estimate of drug-likeness (QED) is 0.813. The molecule has 1 unspecified atom stereocenters. The standard InChI is InChI=1S/C15H19BrN2/c1-2-12-4-3-8-18(9-7-12)15-6-5-14(16)10-13(15)11-17/h5-6,10,12H,2-4,7-9H2,1H3. The van der Waals surface area contributed by atoms with Crippen LogP contribution in [0, 0.1) is 17.2 Å². The van der Waals surface area contributed by atoms with Gasteiger partial charge in [-0.05, 0) is 43.4 Å². The van der Waals surface area contributed by atoms with Gasteiger partial charge in [-0.25, -0.2) is 0 Å². The molecule has 0 radical (unpaired) electrons. The Balaban J connectivity index is 2.19. The number of nitrogens with zero attached hydrogens (tertiary/aromatic N) is 2. The van der Waals surface area contributed by atoms with Crippen LogP contribution in [0.15, 0.2) is 22.7 Å². The summed E-state index contributed by atoms with van der Waals surface area (Å²) < 4.78 is 0.976. The number of hydrogen-bond donors (Lipinski definition) is 0. The number of hydrogen-bond acceptors (Lipinski definition) is 2.